The Bertz CT molecular complexity index is 793. The highest BCUT2D eigenvalue weighted by molar-refractivity contribution is 5.95. The van der Waals surface area contributed by atoms with E-state index in [0.29, 0.717) is 17.9 Å². The summed E-state index contributed by atoms with van der Waals surface area (Å²) in [6, 6.07) is 10.5. The quantitative estimate of drug-likeness (QED) is 0.782. The van der Waals surface area contributed by atoms with Crippen LogP contribution < -0.4 is 9.47 Å². The predicted octanol–water partition coefficient (Wildman–Crippen LogP) is 2.61. The molecule has 0 aliphatic rings. The number of benzene rings is 2. The molecule has 0 saturated heterocycles. The van der Waals surface area contributed by atoms with Gasteiger partial charge in [0.05, 0.1) is 14.2 Å². The summed E-state index contributed by atoms with van der Waals surface area (Å²) in [5, 5.41) is 9.08. The standard InChI is InChI=1S/C19H20FNO5/c1-25-16-7-6-13(10-17(16)26-2)8-9-21(12-18(22)23)19(24)14-4-3-5-15(20)11-14/h3-7,10-11H,8-9,12H2,1-2H3,(H,22,23). The van der Waals surface area contributed by atoms with E-state index in [0.717, 1.165) is 11.6 Å². The van der Waals surface area contributed by atoms with Gasteiger partial charge in [0.1, 0.15) is 12.4 Å². The van der Waals surface area contributed by atoms with E-state index in [-0.39, 0.29) is 12.1 Å². The number of rotatable bonds is 8. The molecule has 1 N–H and O–H groups in total. The van der Waals surface area contributed by atoms with Crippen LogP contribution in [-0.2, 0) is 11.2 Å². The number of methoxy groups -OCH3 is 2. The summed E-state index contributed by atoms with van der Waals surface area (Å²) in [4.78, 5) is 24.8. The van der Waals surface area contributed by atoms with Gasteiger partial charge in [-0.3, -0.25) is 9.59 Å². The largest absolute Gasteiger partial charge is 0.493 e. The minimum atomic E-state index is -1.14. The Hall–Kier alpha value is -3.09. The summed E-state index contributed by atoms with van der Waals surface area (Å²) in [6.07, 6.45) is 0.411. The van der Waals surface area contributed by atoms with E-state index in [2.05, 4.69) is 0 Å². The first-order chi connectivity index (χ1) is 12.4. The molecule has 26 heavy (non-hydrogen) atoms. The number of ether oxygens (including phenoxy) is 2. The first-order valence-electron chi connectivity index (χ1n) is 7.92. The van der Waals surface area contributed by atoms with Gasteiger partial charge in [-0.05, 0) is 42.3 Å². The molecule has 0 bridgehead atoms. The van der Waals surface area contributed by atoms with Crippen molar-refractivity contribution in [1.82, 2.24) is 4.90 Å². The third-order valence-corrected chi connectivity index (χ3v) is 3.80. The Labute approximate surface area is 150 Å². The molecule has 0 atom stereocenters. The zero-order valence-electron chi connectivity index (χ0n) is 14.6. The highest BCUT2D eigenvalue weighted by Gasteiger charge is 2.19. The lowest BCUT2D eigenvalue weighted by atomic mass is 10.1. The van der Waals surface area contributed by atoms with E-state index in [1.165, 1.54) is 37.3 Å². The molecule has 2 aromatic rings. The zero-order valence-corrected chi connectivity index (χ0v) is 14.6. The average molecular weight is 361 g/mol. The molecular formula is C19H20FNO5. The van der Waals surface area contributed by atoms with Crippen molar-refractivity contribution >= 4 is 11.9 Å². The Kier molecular flexibility index (Phi) is 6.54. The van der Waals surface area contributed by atoms with Crippen LogP contribution in [0.4, 0.5) is 4.39 Å². The van der Waals surface area contributed by atoms with Crippen molar-refractivity contribution in [2.24, 2.45) is 0 Å². The second-order valence-electron chi connectivity index (χ2n) is 5.57. The van der Waals surface area contributed by atoms with Gasteiger partial charge in [-0.2, -0.15) is 0 Å². The minimum Gasteiger partial charge on any atom is -0.493 e. The molecule has 2 aromatic carbocycles. The first-order valence-corrected chi connectivity index (χ1v) is 7.92. The molecule has 0 spiro atoms. The maximum Gasteiger partial charge on any atom is 0.323 e. The fourth-order valence-corrected chi connectivity index (χ4v) is 2.52. The van der Waals surface area contributed by atoms with Crippen molar-refractivity contribution in [1.29, 1.82) is 0 Å². The minimum absolute atomic E-state index is 0.110. The van der Waals surface area contributed by atoms with Crippen LogP contribution in [0.1, 0.15) is 15.9 Å². The van der Waals surface area contributed by atoms with Crippen molar-refractivity contribution in [2.45, 2.75) is 6.42 Å². The third kappa shape index (κ3) is 4.95. The van der Waals surface area contributed by atoms with Gasteiger partial charge < -0.3 is 19.5 Å². The van der Waals surface area contributed by atoms with Crippen molar-refractivity contribution in [3.8, 4) is 11.5 Å². The van der Waals surface area contributed by atoms with Crippen LogP contribution in [0.5, 0.6) is 11.5 Å². The Balaban J connectivity index is 2.15. The van der Waals surface area contributed by atoms with Gasteiger partial charge in [0, 0.05) is 12.1 Å². The summed E-state index contributed by atoms with van der Waals surface area (Å²) in [7, 11) is 3.05. The van der Waals surface area contributed by atoms with Gasteiger partial charge in [0.25, 0.3) is 5.91 Å². The SMILES string of the molecule is COc1ccc(CCN(CC(=O)O)C(=O)c2cccc(F)c2)cc1OC. The number of carbonyl (C=O) groups excluding carboxylic acids is 1. The topological polar surface area (TPSA) is 76.1 Å². The van der Waals surface area contributed by atoms with Gasteiger partial charge in [0.15, 0.2) is 11.5 Å². The number of aliphatic carboxylic acids is 1. The molecule has 1 amide bonds. The number of hydrogen-bond donors (Lipinski definition) is 1. The summed E-state index contributed by atoms with van der Waals surface area (Å²) < 4.78 is 23.8. The fourth-order valence-electron chi connectivity index (χ4n) is 2.52. The summed E-state index contributed by atoms with van der Waals surface area (Å²) in [5.41, 5.74) is 0.962. The van der Waals surface area contributed by atoms with Crippen LogP contribution in [-0.4, -0.2) is 49.2 Å². The van der Waals surface area contributed by atoms with Gasteiger partial charge >= 0.3 is 5.97 Å². The van der Waals surface area contributed by atoms with Crippen LogP contribution in [0.15, 0.2) is 42.5 Å². The number of hydrogen-bond acceptors (Lipinski definition) is 4. The third-order valence-electron chi connectivity index (χ3n) is 3.80. The second-order valence-corrected chi connectivity index (χ2v) is 5.57. The lowest BCUT2D eigenvalue weighted by Crippen LogP contribution is -2.37. The molecule has 0 unspecified atom stereocenters. The van der Waals surface area contributed by atoms with E-state index in [9.17, 15) is 14.0 Å². The number of halogens is 1. The van der Waals surface area contributed by atoms with Crippen LogP contribution in [0.2, 0.25) is 0 Å². The zero-order chi connectivity index (χ0) is 19.1. The Morgan fingerprint density at radius 1 is 1.08 bits per heavy atom. The number of carbonyl (C=O) groups is 2. The molecule has 2 rings (SSSR count). The lowest BCUT2D eigenvalue weighted by Gasteiger charge is -2.21. The molecule has 0 heterocycles. The normalized spacial score (nSPS) is 10.3. The molecule has 0 aromatic heterocycles. The molecule has 0 saturated carbocycles. The summed E-state index contributed by atoms with van der Waals surface area (Å²) in [5.74, 6) is -1.10. The van der Waals surface area contributed by atoms with Crippen molar-refractivity contribution in [3.05, 3.63) is 59.4 Å². The van der Waals surface area contributed by atoms with E-state index < -0.39 is 24.2 Å². The number of nitrogens with zero attached hydrogens (tertiary/aromatic N) is 1. The van der Waals surface area contributed by atoms with Crippen LogP contribution in [0.25, 0.3) is 0 Å². The van der Waals surface area contributed by atoms with Gasteiger partial charge in [-0.15, -0.1) is 0 Å². The molecule has 0 aliphatic heterocycles. The molecule has 0 radical (unpaired) electrons. The van der Waals surface area contributed by atoms with E-state index in [1.54, 1.807) is 12.1 Å². The number of carboxylic acid groups (broad SMARTS) is 1. The van der Waals surface area contributed by atoms with E-state index in [1.807, 2.05) is 6.07 Å². The Morgan fingerprint density at radius 2 is 1.81 bits per heavy atom. The van der Waals surface area contributed by atoms with Crippen LogP contribution >= 0.6 is 0 Å². The van der Waals surface area contributed by atoms with Gasteiger partial charge in [-0.1, -0.05) is 12.1 Å². The molecular weight excluding hydrogens is 341 g/mol. The number of amides is 1. The van der Waals surface area contributed by atoms with Crippen LogP contribution in [0, 0.1) is 5.82 Å². The molecule has 6 nitrogen and oxygen atoms in total. The molecule has 0 aliphatic carbocycles. The Morgan fingerprint density at radius 3 is 2.42 bits per heavy atom. The smallest absolute Gasteiger partial charge is 0.323 e. The van der Waals surface area contributed by atoms with Gasteiger partial charge in [0.2, 0.25) is 0 Å². The van der Waals surface area contributed by atoms with E-state index >= 15 is 0 Å². The predicted molar refractivity (Wildman–Crippen MR) is 93.2 cm³/mol. The second kappa shape index (κ2) is 8.84. The van der Waals surface area contributed by atoms with Crippen molar-refractivity contribution in [3.63, 3.8) is 0 Å². The molecule has 7 heteroatoms. The molecule has 138 valence electrons. The fraction of sp³-hybridized carbons (Fsp3) is 0.263. The maximum absolute atomic E-state index is 13.3. The highest BCUT2D eigenvalue weighted by atomic mass is 19.1. The average Bonchev–Trinajstić information content (AvgIpc) is 2.63. The van der Waals surface area contributed by atoms with Crippen LogP contribution in [0.3, 0.4) is 0 Å². The monoisotopic (exact) mass is 361 g/mol. The summed E-state index contributed by atoms with van der Waals surface area (Å²) >= 11 is 0. The summed E-state index contributed by atoms with van der Waals surface area (Å²) in [6.45, 7) is -0.306. The highest BCUT2D eigenvalue weighted by Crippen LogP contribution is 2.27. The van der Waals surface area contributed by atoms with Crippen molar-refractivity contribution in [2.75, 3.05) is 27.3 Å². The maximum atomic E-state index is 13.3. The van der Waals surface area contributed by atoms with E-state index in [4.69, 9.17) is 14.6 Å². The van der Waals surface area contributed by atoms with Crippen molar-refractivity contribution < 1.29 is 28.6 Å². The lowest BCUT2D eigenvalue weighted by molar-refractivity contribution is -0.137. The first kappa shape index (κ1) is 19.2. The van der Waals surface area contributed by atoms with Gasteiger partial charge in [-0.25, -0.2) is 4.39 Å². The molecule has 0 fully saturated rings. The number of carboxylic acids is 1.